The molecule has 2 rings (SSSR count). The molecule has 0 unspecified atom stereocenters. The summed E-state index contributed by atoms with van der Waals surface area (Å²) in [5.74, 6) is -0.318. The van der Waals surface area contributed by atoms with Crippen LogP contribution in [0, 0.1) is 12.7 Å². The Morgan fingerprint density at radius 1 is 1.50 bits per heavy atom. The Kier molecular flexibility index (Phi) is 1.68. The Hall–Kier alpha value is -0.830. The van der Waals surface area contributed by atoms with Gasteiger partial charge in [-0.05, 0) is 40.5 Å². The number of benzene rings is 1. The van der Waals surface area contributed by atoms with E-state index in [1.165, 1.54) is 6.26 Å². The lowest BCUT2D eigenvalue weighted by Crippen LogP contribution is -1.82. The second-order valence-corrected chi connectivity index (χ2v) is 3.35. The van der Waals surface area contributed by atoms with Crippen LogP contribution >= 0.6 is 15.9 Å². The molecule has 1 heterocycles. The van der Waals surface area contributed by atoms with Crippen LogP contribution in [0.15, 0.2) is 27.3 Å². The van der Waals surface area contributed by atoms with E-state index in [0.29, 0.717) is 16.5 Å². The van der Waals surface area contributed by atoms with Gasteiger partial charge in [-0.15, -0.1) is 0 Å². The Bertz CT molecular complexity index is 433. The topological polar surface area (TPSA) is 13.1 Å². The molecule has 3 heteroatoms. The van der Waals surface area contributed by atoms with Gasteiger partial charge in [-0.1, -0.05) is 0 Å². The minimum atomic E-state index is -0.318. The number of hydrogen-bond acceptors (Lipinski definition) is 1. The fraction of sp³-hybridized carbons (Fsp3) is 0. The standard InChI is InChI=1S/C9H5BrFO/c1-5-4-7(10)9-6(8(5)11)2-3-12-9/h2-4H,1H2. The summed E-state index contributed by atoms with van der Waals surface area (Å²) in [6, 6.07) is 3.19. The number of halogens is 2. The first-order valence-corrected chi connectivity index (χ1v) is 4.16. The zero-order chi connectivity index (χ0) is 8.72. The smallest absolute Gasteiger partial charge is 0.150 e. The van der Waals surface area contributed by atoms with E-state index < -0.39 is 0 Å². The van der Waals surface area contributed by atoms with Gasteiger partial charge >= 0.3 is 0 Å². The molecule has 0 bridgehead atoms. The van der Waals surface area contributed by atoms with Gasteiger partial charge in [0.05, 0.1) is 16.1 Å². The van der Waals surface area contributed by atoms with Crippen molar-refractivity contribution >= 4 is 26.9 Å². The maximum Gasteiger partial charge on any atom is 0.150 e. The zero-order valence-corrected chi connectivity index (χ0v) is 7.69. The van der Waals surface area contributed by atoms with Crippen LogP contribution in [0.25, 0.3) is 11.0 Å². The van der Waals surface area contributed by atoms with Crippen LogP contribution in [0.5, 0.6) is 0 Å². The van der Waals surface area contributed by atoms with Gasteiger partial charge in [0.2, 0.25) is 0 Å². The monoisotopic (exact) mass is 227 g/mol. The SMILES string of the molecule is [CH2]c1cc(Br)c2occc2c1F. The van der Waals surface area contributed by atoms with Crippen molar-refractivity contribution in [1.29, 1.82) is 0 Å². The van der Waals surface area contributed by atoms with E-state index >= 15 is 0 Å². The molecule has 0 atom stereocenters. The highest BCUT2D eigenvalue weighted by Crippen LogP contribution is 2.29. The lowest BCUT2D eigenvalue weighted by molar-refractivity contribution is 0.607. The first-order valence-electron chi connectivity index (χ1n) is 3.37. The highest BCUT2D eigenvalue weighted by molar-refractivity contribution is 9.10. The van der Waals surface area contributed by atoms with Crippen molar-refractivity contribution < 1.29 is 8.81 Å². The summed E-state index contributed by atoms with van der Waals surface area (Å²) >= 11 is 3.26. The number of furan rings is 1. The van der Waals surface area contributed by atoms with E-state index in [2.05, 4.69) is 22.9 Å². The largest absolute Gasteiger partial charge is 0.463 e. The van der Waals surface area contributed by atoms with Gasteiger partial charge in [0.25, 0.3) is 0 Å². The van der Waals surface area contributed by atoms with Gasteiger partial charge in [-0.2, -0.15) is 0 Å². The quantitative estimate of drug-likeness (QED) is 0.672. The minimum absolute atomic E-state index is 0.318. The van der Waals surface area contributed by atoms with Crippen LogP contribution in [0.3, 0.4) is 0 Å². The minimum Gasteiger partial charge on any atom is -0.463 e. The van der Waals surface area contributed by atoms with E-state index in [9.17, 15) is 4.39 Å². The van der Waals surface area contributed by atoms with Gasteiger partial charge < -0.3 is 4.42 Å². The first kappa shape index (κ1) is 7.80. The molecule has 0 saturated heterocycles. The van der Waals surface area contributed by atoms with Crippen molar-refractivity contribution in [3.05, 3.63) is 41.2 Å². The van der Waals surface area contributed by atoms with Crippen LogP contribution in [0.2, 0.25) is 0 Å². The van der Waals surface area contributed by atoms with Crippen LogP contribution in [0.4, 0.5) is 4.39 Å². The van der Waals surface area contributed by atoms with Crippen LogP contribution in [0.1, 0.15) is 5.56 Å². The van der Waals surface area contributed by atoms with E-state index in [1.54, 1.807) is 12.1 Å². The Balaban J connectivity index is 2.97. The molecule has 1 radical (unpaired) electrons. The predicted molar refractivity (Wildman–Crippen MR) is 48.3 cm³/mol. The summed E-state index contributed by atoms with van der Waals surface area (Å²) in [4.78, 5) is 0. The third kappa shape index (κ3) is 0.966. The molecule has 1 aromatic heterocycles. The molecule has 2 aromatic rings. The summed E-state index contributed by atoms with van der Waals surface area (Å²) in [6.45, 7) is 3.56. The maximum absolute atomic E-state index is 13.3. The molecular weight excluding hydrogens is 223 g/mol. The molecule has 0 aliphatic carbocycles. The Morgan fingerprint density at radius 3 is 3.00 bits per heavy atom. The summed E-state index contributed by atoms with van der Waals surface area (Å²) < 4.78 is 19.1. The third-order valence-corrected chi connectivity index (χ3v) is 2.29. The summed E-state index contributed by atoms with van der Waals surface area (Å²) in [5, 5.41) is 0.467. The highest BCUT2D eigenvalue weighted by Gasteiger charge is 2.09. The predicted octanol–water partition coefficient (Wildman–Crippen LogP) is 3.52. The molecular formula is C9H5BrFO. The van der Waals surface area contributed by atoms with Gasteiger partial charge in [0.1, 0.15) is 5.82 Å². The number of fused-ring (bicyclic) bond motifs is 1. The lowest BCUT2D eigenvalue weighted by Gasteiger charge is -1.98. The van der Waals surface area contributed by atoms with Crippen LogP contribution in [-0.4, -0.2) is 0 Å². The Morgan fingerprint density at radius 2 is 2.25 bits per heavy atom. The van der Waals surface area contributed by atoms with Crippen molar-refractivity contribution in [3.63, 3.8) is 0 Å². The molecule has 0 spiro atoms. The van der Waals surface area contributed by atoms with E-state index in [0.717, 1.165) is 4.47 Å². The first-order chi connectivity index (χ1) is 5.70. The third-order valence-electron chi connectivity index (χ3n) is 1.70. The zero-order valence-electron chi connectivity index (χ0n) is 6.10. The van der Waals surface area contributed by atoms with Crippen molar-refractivity contribution in [2.24, 2.45) is 0 Å². The summed E-state index contributed by atoms with van der Waals surface area (Å²) in [7, 11) is 0. The normalized spacial score (nSPS) is 10.9. The molecule has 61 valence electrons. The van der Waals surface area contributed by atoms with Gasteiger partial charge in [0, 0.05) is 0 Å². The lowest BCUT2D eigenvalue weighted by atomic mass is 10.2. The van der Waals surface area contributed by atoms with Crippen molar-refractivity contribution in [1.82, 2.24) is 0 Å². The number of hydrogen-bond donors (Lipinski definition) is 0. The van der Waals surface area contributed by atoms with Gasteiger partial charge in [-0.3, -0.25) is 0 Å². The van der Waals surface area contributed by atoms with Gasteiger partial charge in [-0.25, -0.2) is 4.39 Å². The number of rotatable bonds is 0. The molecule has 0 aliphatic rings. The summed E-state index contributed by atoms with van der Waals surface area (Å²) in [6.07, 6.45) is 1.46. The molecule has 0 saturated carbocycles. The second-order valence-electron chi connectivity index (χ2n) is 2.49. The molecule has 1 nitrogen and oxygen atoms in total. The van der Waals surface area contributed by atoms with Crippen molar-refractivity contribution in [2.45, 2.75) is 0 Å². The second kappa shape index (κ2) is 2.59. The maximum atomic E-state index is 13.3. The molecule has 1 aromatic carbocycles. The molecule has 0 aliphatic heterocycles. The molecule has 12 heavy (non-hydrogen) atoms. The van der Waals surface area contributed by atoms with Crippen molar-refractivity contribution in [2.75, 3.05) is 0 Å². The van der Waals surface area contributed by atoms with E-state index in [-0.39, 0.29) is 5.82 Å². The molecule has 0 amide bonds. The van der Waals surface area contributed by atoms with E-state index in [4.69, 9.17) is 4.42 Å². The fourth-order valence-corrected chi connectivity index (χ4v) is 1.71. The van der Waals surface area contributed by atoms with Crippen LogP contribution in [-0.2, 0) is 0 Å². The van der Waals surface area contributed by atoms with Gasteiger partial charge in [0.15, 0.2) is 5.58 Å². The summed E-state index contributed by atoms with van der Waals surface area (Å²) in [5.41, 5.74) is 0.899. The average molecular weight is 228 g/mol. The fourth-order valence-electron chi connectivity index (χ4n) is 1.12. The average Bonchev–Trinajstić information content (AvgIpc) is 2.48. The van der Waals surface area contributed by atoms with E-state index in [1.807, 2.05) is 0 Å². The van der Waals surface area contributed by atoms with Crippen molar-refractivity contribution in [3.8, 4) is 0 Å². The highest BCUT2D eigenvalue weighted by atomic mass is 79.9. The molecule has 0 fully saturated rings. The Labute approximate surface area is 77.3 Å². The molecule has 0 N–H and O–H groups in total. The van der Waals surface area contributed by atoms with Crippen LogP contribution < -0.4 is 0 Å².